The predicted octanol–water partition coefficient (Wildman–Crippen LogP) is 4.55. The van der Waals surface area contributed by atoms with E-state index in [0.29, 0.717) is 5.82 Å². The van der Waals surface area contributed by atoms with Crippen LogP contribution < -0.4 is 5.73 Å². The van der Waals surface area contributed by atoms with Crippen molar-refractivity contribution < 1.29 is 0 Å². The van der Waals surface area contributed by atoms with Gasteiger partial charge in [0.05, 0.1) is 11.4 Å². The molecular weight excluding hydrogens is 316 g/mol. The van der Waals surface area contributed by atoms with Crippen molar-refractivity contribution in [2.45, 2.75) is 6.92 Å². The number of rotatable bonds is 3. The predicted molar refractivity (Wildman–Crippen MR) is 99.3 cm³/mol. The molecule has 0 radical (unpaired) electrons. The van der Waals surface area contributed by atoms with E-state index in [9.17, 15) is 0 Å². The molecule has 0 atom stereocenters. The molecule has 0 saturated carbocycles. The second kappa shape index (κ2) is 5.94. The Morgan fingerprint density at radius 2 is 1.62 bits per heavy atom. The van der Waals surface area contributed by atoms with Gasteiger partial charge in [0, 0.05) is 22.6 Å². The van der Waals surface area contributed by atoms with Gasteiger partial charge in [-0.25, -0.2) is 4.98 Å². The smallest absolute Gasteiger partial charge is 0.212 e. The van der Waals surface area contributed by atoms with Gasteiger partial charge in [-0.05, 0) is 6.92 Å². The summed E-state index contributed by atoms with van der Waals surface area (Å²) in [4.78, 5) is 4.67. The Hall–Kier alpha value is -2.92. The number of nitrogens with zero attached hydrogens (tertiary/aromatic N) is 3. The van der Waals surface area contributed by atoms with Crippen molar-refractivity contribution in [3.63, 3.8) is 0 Å². The highest BCUT2D eigenvalue weighted by Gasteiger charge is 2.12. The summed E-state index contributed by atoms with van der Waals surface area (Å²) in [6, 6.07) is 20.2. The molecule has 2 heterocycles. The number of aromatic nitrogens is 3. The SMILES string of the molecule is Cc1ccc(-c2cc(N)n(-c3nc(-c4ccccc4)cs3)n2)cc1. The van der Waals surface area contributed by atoms with Gasteiger partial charge in [0.15, 0.2) is 0 Å². The van der Waals surface area contributed by atoms with Crippen LogP contribution in [0.5, 0.6) is 0 Å². The zero-order valence-electron chi connectivity index (χ0n) is 13.2. The van der Waals surface area contributed by atoms with Crippen molar-refractivity contribution >= 4 is 17.2 Å². The number of thiazole rings is 1. The van der Waals surface area contributed by atoms with E-state index in [1.54, 1.807) is 4.68 Å². The third-order valence-electron chi connectivity index (χ3n) is 3.83. The first-order valence-corrected chi connectivity index (χ1v) is 8.52. The molecule has 118 valence electrons. The lowest BCUT2D eigenvalue weighted by atomic mass is 10.1. The molecule has 4 nitrogen and oxygen atoms in total. The second-order valence-corrected chi connectivity index (χ2v) is 6.45. The third kappa shape index (κ3) is 2.70. The minimum atomic E-state index is 0.583. The Labute approximate surface area is 144 Å². The molecule has 5 heteroatoms. The second-order valence-electron chi connectivity index (χ2n) is 5.61. The van der Waals surface area contributed by atoms with Crippen LogP contribution in [0.25, 0.3) is 27.6 Å². The zero-order chi connectivity index (χ0) is 16.5. The van der Waals surface area contributed by atoms with Crippen molar-refractivity contribution in [2.75, 3.05) is 5.73 Å². The summed E-state index contributed by atoms with van der Waals surface area (Å²) in [6.07, 6.45) is 0. The number of nitrogens with two attached hydrogens (primary N) is 1. The number of anilines is 1. The molecule has 0 aliphatic heterocycles. The molecule has 0 unspecified atom stereocenters. The molecule has 24 heavy (non-hydrogen) atoms. The van der Waals surface area contributed by atoms with E-state index in [1.165, 1.54) is 16.9 Å². The number of nitrogen functional groups attached to an aromatic ring is 1. The summed E-state index contributed by atoms with van der Waals surface area (Å²) >= 11 is 1.53. The Morgan fingerprint density at radius 3 is 2.38 bits per heavy atom. The van der Waals surface area contributed by atoms with Gasteiger partial charge in [-0.15, -0.1) is 11.3 Å². The van der Waals surface area contributed by atoms with Gasteiger partial charge in [0.1, 0.15) is 5.82 Å². The van der Waals surface area contributed by atoms with Crippen LogP contribution >= 0.6 is 11.3 Å². The van der Waals surface area contributed by atoms with Gasteiger partial charge in [-0.3, -0.25) is 0 Å². The Bertz CT molecular complexity index is 968. The van der Waals surface area contributed by atoms with Crippen molar-refractivity contribution in [1.82, 2.24) is 14.8 Å². The number of hydrogen-bond donors (Lipinski definition) is 1. The molecule has 4 aromatic rings. The molecular formula is C19H16N4S. The first kappa shape index (κ1) is 14.7. The topological polar surface area (TPSA) is 56.7 Å². The number of hydrogen-bond acceptors (Lipinski definition) is 4. The molecule has 2 aromatic heterocycles. The molecule has 0 fully saturated rings. The quantitative estimate of drug-likeness (QED) is 0.598. The number of benzene rings is 2. The summed E-state index contributed by atoms with van der Waals surface area (Å²) in [7, 11) is 0. The van der Waals surface area contributed by atoms with Crippen LogP contribution in [0.2, 0.25) is 0 Å². The van der Waals surface area contributed by atoms with E-state index in [0.717, 1.165) is 27.6 Å². The molecule has 0 saturated heterocycles. The lowest BCUT2D eigenvalue weighted by Crippen LogP contribution is -2.01. The zero-order valence-corrected chi connectivity index (χ0v) is 14.0. The fourth-order valence-corrected chi connectivity index (χ4v) is 3.32. The van der Waals surface area contributed by atoms with Crippen LogP contribution in [0.4, 0.5) is 5.82 Å². The summed E-state index contributed by atoms with van der Waals surface area (Å²) in [5.74, 6) is 0.583. The van der Waals surface area contributed by atoms with Crippen LogP contribution in [-0.4, -0.2) is 14.8 Å². The molecule has 0 aliphatic carbocycles. The Balaban J connectivity index is 1.70. The van der Waals surface area contributed by atoms with E-state index in [4.69, 9.17) is 5.73 Å². The van der Waals surface area contributed by atoms with E-state index < -0.39 is 0 Å². The Morgan fingerprint density at radius 1 is 0.917 bits per heavy atom. The van der Waals surface area contributed by atoms with Crippen molar-refractivity contribution in [1.29, 1.82) is 0 Å². The van der Waals surface area contributed by atoms with Gasteiger partial charge in [0.25, 0.3) is 0 Å². The highest BCUT2D eigenvalue weighted by molar-refractivity contribution is 7.12. The van der Waals surface area contributed by atoms with Crippen LogP contribution in [-0.2, 0) is 0 Å². The lowest BCUT2D eigenvalue weighted by molar-refractivity contribution is 0.884. The molecule has 0 spiro atoms. The van der Waals surface area contributed by atoms with Crippen LogP contribution in [0.15, 0.2) is 66.0 Å². The van der Waals surface area contributed by atoms with Gasteiger partial charge in [0.2, 0.25) is 5.13 Å². The lowest BCUT2D eigenvalue weighted by Gasteiger charge is -1.99. The first-order valence-electron chi connectivity index (χ1n) is 7.64. The Kier molecular flexibility index (Phi) is 3.63. The summed E-state index contributed by atoms with van der Waals surface area (Å²) < 4.78 is 1.70. The van der Waals surface area contributed by atoms with E-state index in [1.807, 2.05) is 41.8 Å². The fourth-order valence-electron chi connectivity index (χ4n) is 2.52. The fraction of sp³-hybridized carbons (Fsp3) is 0.0526. The van der Waals surface area contributed by atoms with Crippen molar-refractivity contribution in [3.8, 4) is 27.6 Å². The standard InChI is InChI=1S/C19H16N4S/c1-13-7-9-15(10-8-13)16-11-18(20)23(22-16)19-21-17(12-24-19)14-5-3-2-4-6-14/h2-12H,20H2,1H3. The van der Waals surface area contributed by atoms with Crippen molar-refractivity contribution in [3.05, 3.63) is 71.6 Å². The maximum absolute atomic E-state index is 6.16. The largest absolute Gasteiger partial charge is 0.383 e. The average molecular weight is 332 g/mol. The summed E-state index contributed by atoms with van der Waals surface area (Å²) in [5, 5.41) is 7.42. The van der Waals surface area contributed by atoms with Gasteiger partial charge >= 0.3 is 0 Å². The van der Waals surface area contributed by atoms with Crippen LogP contribution in [0.3, 0.4) is 0 Å². The number of aryl methyl sites for hydroxylation is 1. The van der Waals surface area contributed by atoms with Gasteiger partial charge in [-0.1, -0.05) is 60.2 Å². The maximum Gasteiger partial charge on any atom is 0.212 e. The van der Waals surface area contributed by atoms with Gasteiger partial charge < -0.3 is 5.73 Å². The molecule has 2 N–H and O–H groups in total. The van der Waals surface area contributed by atoms with E-state index >= 15 is 0 Å². The summed E-state index contributed by atoms with van der Waals surface area (Å²) in [5.41, 5.74) is 11.3. The van der Waals surface area contributed by atoms with E-state index in [2.05, 4.69) is 41.3 Å². The molecule has 0 amide bonds. The minimum absolute atomic E-state index is 0.583. The average Bonchev–Trinajstić information content (AvgIpc) is 3.23. The molecule has 2 aromatic carbocycles. The monoisotopic (exact) mass is 332 g/mol. The van der Waals surface area contributed by atoms with Crippen molar-refractivity contribution in [2.24, 2.45) is 0 Å². The first-order chi connectivity index (χ1) is 11.7. The van der Waals surface area contributed by atoms with Crippen LogP contribution in [0, 0.1) is 6.92 Å². The van der Waals surface area contributed by atoms with Crippen LogP contribution in [0.1, 0.15) is 5.56 Å². The van der Waals surface area contributed by atoms with E-state index in [-0.39, 0.29) is 0 Å². The third-order valence-corrected chi connectivity index (χ3v) is 4.64. The molecule has 0 bridgehead atoms. The normalized spacial score (nSPS) is 10.9. The van der Waals surface area contributed by atoms with Gasteiger partial charge in [-0.2, -0.15) is 9.78 Å². The highest BCUT2D eigenvalue weighted by atomic mass is 32.1. The highest BCUT2D eigenvalue weighted by Crippen LogP contribution is 2.27. The summed E-state index contributed by atoms with van der Waals surface area (Å²) in [6.45, 7) is 2.07. The molecule has 4 rings (SSSR count). The minimum Gasteiger partial charge on any atom is -0.383 e. The maximum atomic E-state index is 6.16. The molecule has 0 aliphatic rings.